The number of rotatable bonds is 4. The normalized spacial score (nSPS) is 10.0. The molecule has 2 amide bonds. The minimum Gasteiger partial charge on any atom is -0.483 e. The number of hydrazine groups is 1. The molecule has 0 spiro atoms. The number of aryl methyl sites for hydroxylation is 3. The van der Waals surface area contributed by atoms with Crippen LogP contribution in [0.15, 0.2) is 42.5 Å². The molecule has 0 aliphatic rings. The molecule has 2 N–H and O–H groups in total. The van der Waals surface area contributed by atoms with E-state index in [1.54, 1.807) is 18.2 Å². The van der Waals surface area contributed by atoms with Crippen molar-refractivity contribution in [2.24, 2.45) is 0 Å². The molecule has 5 heteroatoms. The molecule has 0 heterocycles. The number of hydrogen-bond acceptors (Lipinski definition) is 3. The first-order chi connectivity index (χ1) is 11.0. The van der Waals surface area contributed by atoms with Crippen molar-refractivity contribution in [3.8, 4) is 5.75 Å². The maximum atomic E-state index is 12.0. The van der Waals surface area contributed by atoms with E-state index < -0.39 is 5.91 Å². The standard InChI is InChI=1S/C18H20N2O3/c1-12-8-13(2)10-15(9-12)18(22)20-19-17(21)11-23-16-7-5-4-6-14(16)3/h4-10H,11H2,1-3H3,(H,19,21)(H,20,22). The molecule has 0 saturated carbocycles. The van der Waals surface area contributed by atoms with Crippen molar-refractivity contribution in [2.45, 2.75) is 20.8 Å². The van der Waals surface area contributed by atoms with Crippen LogP contribution in [0.25, 0.3) is 0 Å². The summed E-state index contributed by atoms with van der Waals surface area (Å²) in [4.78, 5) is 23.8. The molecule has 0 fully saturated rings. The molecule has 2 rings (SSSR count). The van der Waals surface area contributed by atoms with Crippen molar-refractivity contribution in [1.82, 2.24) is 10.9 Å². The maximum Gasteiger partial charge on any atom is 0.276 e. The van der Waals surface area contributed by atoms with Gasteiger partial charge in [-0.3, -0.25) is 20.4 Å². The van der Waals surface area contributed by atoms with Crippen LogP contribution in [0.1, 0.15) is 27.0 Å². The van der Waals surface area contributed by atoms with Gasteiger partial charge in [-0.2, -0.15) is 0 Å². The molecule has 120 valence electrons. The Labute approximate surface area is 135 Å². The van der Waals surface area contributed by atoms with Gasteiger partial charge in [0.15, 0.2) is 6.61 Å². The topological polar surface area (TPSA) is 67.4 Å². The largest absolute Gasteiger partial charge is 0.483 e. The molecule has 0 aromatic heterocycles. The Morgan fingerprint density at radius 1 is 0.957 bits per heavy atom. The van der Waals surface area contributed by atoms with Crippen LogP contribution in [0.3, 0.4) is 0 Å². The van der Waals surface area contributed by atoms with Gasteiger partial charge in [0.2, 0.25) is 0 Å². The van der Waals surface area contributed by atoms with E-state index in [4.69, 9.17) is 4.74 Å². The molecular weight excluding hydrogens is 292 g/mol. The Balaban J connectivity index is 1.84. The lowest BCUT2D eigenvalue weighted by Crippen LogP contribution is -2.43. The van der Waals surface area contributed by atoms with E-state index in [9.17, 15) is 9.59 Å². The SMILES string of the molecule is Cc1cc(C)cc(C(=O)NNC(=O)COc2ccccc2C)c1. The van der Waals surface area contributed by atoms with Gasteiger partial charge in [0.05, 0.1) is 0 Å². The molecule has 0 atom stereocenters. The first-order valence-corrected chi connectivity index (χ1v) is 7.31. The quantitative estimate of drug-likeness (QED) is 0.852. The summed E-state index contributed by atoms with van der Waals surface area (Å²) in [5.41, 5.74) is 8.16. The minimum atomic E-state index is -0.425. The van der Waals surface area contributed by atoms with E-state index in [2.05, 4.69) is 10.9 Å². The van der Waals surface area contributed by atoms with Gasteiger partial charge in [-0.1, -0.05) is 35.4 Å². The zero-order chi connectivity index (χ0) is 16.8. The fourth-order valence-electron chi connectivity index (χ4n) is 2.20. The second-order valence-corrected chi connectivity index (χ2v) is 5.43. The van der Waals surface area contributed by atoms with Crippen LogP contribution < -0.4 is 15.6 Å². The van der Waals surface area contributed by atoms with Gasteiger partial charge in [-0.05, 0) is 44.5 Å². The van der Waals surface area contributed by atoms with Gasteiger partial charge < -0.3 is 4.74 Å². The van der Waals surface area contributed by atoms with Gasteiger partial charge in [0.1, 0.15) is 5.75 Å². The van der Waals surface area contributed by atoms with Gasteiger partial charge in [0.25, 0.3) is 11.8 Å². The number of nitrogens with one attached hydrogen (secondary N) is 2. The number of carbonyl (C=O) groups is 2. The average Bonchev–Trinajstić information content (AvgIpc) is 2.51. The zero-order valence-electron chi connectivity index (χ0n) is 13.5. The first kappa shape index (κ1) is 16.5. The van der Waals surface area contributed by atoms with Gasteiger partial charge in [-0.25, -0.2) is 0 Å². The monoisotopic (exact) mass is 312 g/mol. The molecule has 0 aliphatic carbocycles. The lowest BCUT2D eigenvalue weighted by Gasteiger charge is -2.10. The Kier molecular flexibility index (Phi) is 5.36. The van der Waals surface area contributed by atoms with Crippen molar-refractivity contribution < 1.29 is 14.3 Å². The molecule has 0 bridgehead atoms. The Bertz CT molecular complexity index is 706. The minimum absolute atomic E-state index is 0.169. The van der Waals surface area contributed by atoms with Gasteiger partial charge in [-0.15, -0.1) is 0 Å². The molecule has 2 aromatic carbocycles. The van der Waals surface area contributed by atoms with Crippen LogP contribution in [-0.4, -0.2) is 18.4 Å². The summed E-state index contributed by atoms with van der Waals surface area (Å²) in [6, 6.07) is 12.9. The number of ether oxygens (including phenoxy) is 1. The van der Waals surface area contributed by atoms with E-state index in [0.717, 1.165) is 16.7 Å². The molecule has 5 nitrogen and oxygen atoms in total. The molecule has 0 radical (unpaired) electrons. The Morgan fingerprint density at radius 2 is 1.61 bits per heavy atom. The van der Waals surface area contributed by atoms with Gasteiger partial charge >= 0.3 is 0 Å². The van der Waals surface area contributed by atoms with Crippen molar-refractivity contribution in [3.63, 3.8) is 0 Å². The smallest absolute Gasteiger partial charge is 0.276 e. The number of carbonyl (C=O) groups excluding carboxylic acids is 2. The van der Waals surface area contributed by atoms with E-state index in [1.807, 2.05) is 45.0 Å². The van der Waals surface area contributed by atoms with Crippen molar-refractivity contribution in [3.05, 3.63) is 64.7 Å². The summed E-state index contributed by atoms with van der Waals surface area (Å²) in [5, 5.41) is 0. The molecule has 0 saturated heterocycles. The van der Waals surface area contributed by atoms with Crippen molar-refractivity contribution in [1.29, 1.82) is 0 Å². The highest BCUT2D eigenvalue weighted by Gasteiger charge is 2.09. The summed E-state index contributed by atoms with van der Waals surface area (Å²) in [6.45, 7) is 5.56. The van der Waals surface area contributed by atoms with Crippen molar-refractivity contribution in [2.75, 3.05) is 6.61 Å². The van der Waals surface area contributed by atoms with Crippen LogP contribution in [0.2, 0.25) is 0 Å². The van der Waals surface area contributed by atoms with Gasteiger partial charge in [0, 0.05) is 5.56 Å². The van der Waals surface area contributed by atoms with Crippen LogP contribution in [0.4, 0.5) is 0 Å². The third-order valence-corrected chi connectivity index (χ3v) is 3.25. The lowest BCUT2D eigenvalue weighted by atomic mass is 10.1. The average molecular weight is 312 g/mol. The predicted molar refractivity (Wildman–Crippen MR) is 88.2 cm³/mol. The summed E-state index contributed by atoms with van der Waals surface area (Å²) in [6.07, 6.45) is 0. The summed E-state index contributed by atoms with van der Waals surface area (Å²) in [7, 11) is 0. The number of hydrogen-bond donors (Lipinski definition) is 2. The number of amides is 2. The van der Waals surface area contributed by atoms with Crippen molar-refractivity contribution >= 4 is 11.8 Å². The van der Waals surface area contributed by atoms with E-state index in [1.165, 1.54) is 0 Å². The Morgan fingerprint density at radius 3 is 2.26 bits per heavy atom. The highest BCUT2D eigenvalue weighted by atomic mass is 16.5. The molecule has 0 aliphatic heterocycles. The van der Waals surface area contributed by atoms with E-state index >= 15 is 0 Å². The summed E-state index contributed by atoms with van der Waals surface area (Å²) in [5.74, 6) is -0.143. The van der Waals surface area contributed by atoms with E-state index in [0.29, 0.717) is 11.3 Å². The highest BCUT2D eigenvalue weighted by molar-refractivity contribution is 5.95. The third kappa shape index (κ3) is 4.85. The lowest BCUT2D eigenvalue weighted by molar-refractivity contribution is -0.123. The molecule has 23 heavy (non-hydrogen) atoms. The second kappa shape index (κ2) is 7.45. The Hall–Kier alpha value is -2.82. The van der Waals surface area contributed by atoms with E-state index in [-0.39, 0.29) is 12.5 Å². The predicted octanol–water partition coefficient (Wildman–Crippen LogP) is 2.45. The van der Waals surface area contributed by atoms with Crippen LogP contribution in [0.5, 0.6) is 5.75 Å². The fraction of sp³-hybridized carbons (Fsp3) is 0.222. The molecular formula is C18H20N2O3. The summed E-state index contributed by atoms with van der Waals surface area (Å²) >= 11 is 0. The second-order valence-electron chi connectivity index (χ2n) is 5.43. The number of benzene rings is 2. The highest BCUT2D eigenvalue weighted by Crippen LogP contribution is 2.15. The summed E-state index contributed by atoms with van der Waals surface area (Å²) < 4.78 is 5.41. The third-order valence-electron chi connectivity index (χ3n) is 3.25. The van der Waals surface area contributed by atoms with Crippen LogP contribution in [0, 0.1) is 20.8 Å². The van der Waals surface area contributed by atoms with Crippen LogP contribution >= 0.6 is 0 Å². The zero-order valence-corrected chi connectivity index (χ0v) is 13.5. The number of para-hydroxylation sites is 1. The molecule has 2 aromatic rings. The van der Waals surface area contributed by atoms with Crippen LogP contribution in [-0.2, 0) is 4.79 Å². The maximum absolute atomic E-state index is 12.0. The first-order valence-electron chi connectivity index (χ1n) is 7.31. The fourth-order valence-corrected chi connectivity index (χ4v) is 2.20. The molecule has 0 unspecified atom stereocenters.